The standard InChI is InChI=1S/C21H25FN2O2S/c1-2-26-19-9-5-4-8-18(19)23-12-14-24(15-13-23)21(25)11-16-27-20-10-6-3-7-17(20)22/h3-10H,2,11-16H2,1H3. The van der Waals surface area contributed by atoms with Gasteiger partial charge < -0.3 is 14.5 Å². The van der Waals surface area contributed by atoms with Crippen LogP contribution in [0, 0.1) is 5.82 Å². The molecule has 0 saturated carbocycles. The first-order valence-electron chi connectivity index (χ1n) is 9.31. The van der Waals surface area contributed by atoms with Gasteiger partial charge in [-0.2, -0.15) is 0 Å². The topological polar surface area (TPSA) is 32.8 Å². The molecule has 0 N–H and O–H groups in total. The molecular formula is C21H25FN2O2S. The van der Waals surface area contributed by atoms with Gasteiger partial charge in [0.2, 0.25) is 5.91 Å². The highest BCUT2D eigenvalue weighted by Gasteiger charge is 2.22. The summed E-state index contributed by atoms with van der Waals surface area (Å²) in [4.78, 5) is 17.2. The number of benzene rings is 2. The van der Waals surface area contributed by atoms with Crippen molar-refractivity contribution in [1.29, 1.82) is 0 Å². The first-order chi connectivity index (χ1) is 13.2. The Hall–Kier alpha value is -2.21. The molecule has 0 radical (unpaired) electrons. The lowest BCUT2D eigenvalue weighted by Crippen LogP contribution is -2.49. The number of para-hydroxylation sites is 2. The van der Waals surface area contributed by atoms with Gasteiger partial charge >= 0.3 is 0 Å². The zero-order valence-electron chi connectivity index (χ0n) is 15.6. The van der Waals surface area contributed by atoms with Crippen molar-refractivity contribution in [2.24, 2.45) is 0 Å². The molecule has 0 unspecified atom stereocenters. The number of piperazine rings is 1. The quantitative estimate of drug-likeness (QED) is 0.670. The number of halogens is 1. The molecule has 1 heterocycles. The molecule has 1 amide bonds. The average Bonchev–Trinajstić information content (AvgIpc) is 2.70. The minimum Gasteiger partial charge on any atom is -0.492 e. The summed E-state index contributed by atoms with van der Waals surface area (Å²) in [6, 6.07) is 14.7. The third-order valence-electron chi connectivity index (χ3n) is 4.55. The zero-order chi connectivity index (χ0) is 19.1. The van der Waals surface area contributed by atoms with Gasteiger partial charge in [-0.3, -0.25) is 4.79 Å². The number of rotatable bonds is 7. The summed E-state index contributed by atoms with van der Waals surface area (Å²) in [5, 5.41) is 0. The van der Waals surface area contributed by atoms with Crippen molar-refractivity contribution >= 4 is 23.4 Å². The normalized spacial score (nSPS) is 14.3. The Labute approximate surface area is 164 Å². The van der Waals surface area contributed by atoms with Crippen LogP contribution in [-0.2, 0) is 4.79 Å². The molecule has 0 bridgehead atoms. The first kappa shape index (κ1) is 19.5. The van der Waals surface area contributed by atoms with E-state index in [0.29, 0.717) is 36.8 Å². The minimum absolute atomic E-state index is 0.136. The van der Waals surface area contributed by atoms with E-state index in [1.165, 1.54) is 17.8 Å². The number of nitrogens with zero attached hydrogens (tertiary/aromatic N) is 2. The van der Waals surface area contributed by atoms with Crippen molar-refractivity contribution in [2.45, 2.75) is 18.2 Å². The van der Waals surface area contributed by atoms with E-state index in [-0.39, 0.29) is 11.7 Å². The number of hydrogen-bond acceptors (Lipinski definition) is 4. The lowest BCUT2D eigenvalue weighted by atomic mass is 10.2. The van der Waals surface area contributed by atoms with Crippen molar-refractivity contribution in [3.05, 3.63) is 54.3 Å². The fourth-order valence-corrected chi connectivity index (χ4v) is 4.04. The Morgan fingerprint density at radius 1 is 1.07 bits per heavy atom. The molecule has 3 rings (SSSR count). The molecule has 2 aromatic rings. The molecule has 1 aliphatic heterocycles. The second-order valence-electron chi connectivity index (χ2n) is 6.30. The van der Waals surface area contributed by atoms with E-state index in [4.69, 9.17) is 4.74 Å². The fourth-order valence-electron chi connectivity index (χ4n) is 3.16. The molecule has 0 aromatic heterocycles. The van der Waals surface area contributed by atoms with Crippen molar-refractivity contribution in [1.82, 2.24) is 4.90 Å². The van der Waals surface area contributed by atoms with E-state index in [0.717, 1.165) is 24.5 Å². The Kier molecular flexibility index (Phi) is 6.98. The van der Waals surface area contributed by atoms with E-state index < -0.39 is 0 Å². The van der Waals surface area contributed by atoms with E-state index in [1.807, 2.05) is 36.1 Å². The first-order valence-corrected chi connectivity index (χ1v) is 10.3. The van der Waals surface area contributed by atoms with Crippen molar-refractivity contribution in [2.75, 3.05) is 43.4 Å². The molecule has 1 fully saturated rings. The second-order valence-corrected chi connectivity index (χ2v) is 7.43. The number of anilines is 1. The molecular weight excluding hydrogens is 363 g/mol. The summed E-state index contributed by atoms with van der Waals surface area (Å²) < 4.78 is 19.3. The summed E-state index contributed by atoms with van der Waals surface area (Å²) >= 11 is 1.39. The number of carbonyl (C=O) groups excluding carboxylic acids is 1. The SMILES string of the molecule is CCOc1ccccc1N1CCN(C(=O)CCSc2ccccc2F)CC1. The van der Waals surface area contributed by atoms with Crippen LogP contribution in [0.5, 0.6) is 5.75 Å². The molecule has 2 aromatic carbocycles. The number of carbonyl (C=O) groups is 1. The van der Waals surface area contributed by atoms with Gasteiger partial charge in [0.25, 0.3) is 0 Å². The number of ether oxygens (including phenoxy) is 1. The fraction of sp³-hybridized carbons (Fsp3) is 0.381. The molecule has 0 aliphatic carbocycles. The van der Waals surface area contributed by atoms with E-state index in [2.05, 4.69) is 11.0 Å². The summed E-state index contributed by atoms with van der Waals surface area (Å²) in [7, 11) is 0. The Bertz CT molecular complexity index is 763. The van der Waals surface area contributed by atoms with Crippen LogP contribution in [-0.4, -0.2) is 49.3 Å². The molecule has 27 heavy (non-hydrogen) atoms. The summed E-state index contributed by atoms with van der Waals surface area (Å²) in [6.07, 6.45) is 0.425. The molecule has 1 saturated heterocycles. The molecule has 1 aliphatic rings. The van der Waals surface area contributed by atoms with Gasteiger partial charge in [-0.1, -0.05) is 24.3 Å². The second kappa shape index (κ2) is 9.65. The van der Waals surface area contributed by atoms with Crippen LogP contribution in [0.2, 0.25) is 0 Å². The third-order valence-corrected chi connectivity index (χ3v) is 5.60. The Morgan fingerprint density at radius 3 is 2.52 bits per heavy atom. The maximum atomic E-state index is 13.6. The van der Waals surface area contributed by atoms with Gasteiger partial charge in [-0.25, -0.2) is 4.39 Å². The summed E-state index contributed by atoms with van der Waals surface area (Å²) in [5.74, 6) is 1.39. The lowest BCUT2D eigenvalue weighted by molar-refractivity contribution is -0.131. The highest BCUT2D eigenvalue weighted by atomic mass is 32.2. The Balaban J connectivity index is 1.47. The van der Waals surface area contributed by atoms with Crippen LogP contribution in [0.1, 0.15) is 13.3 Å². The molecule has 144 valence electrons. The van der Waals surface area contributed by atoms with Crippen molar-refractivity contribution < 1.29 is 13.9 Å². The van der Waals surface area contributed by atoms with Crippen LogP contribution in [0.25, 0.3) is 0 Å². The van der Waals surface area contributed by atoms with Crippen LogP contribution in [0.3, 0.4) is 0 Å². The smallest absolute Gasteiger partial charge is 0.223 e. The van der Waals surface area contributed by atoms with Gasteiger partial charge in [0, 0.05) is 43.2 Å². The Morgan fingerprint density at radius 2 is 1.78 bits per heavy atom. The molecule has 0 atom stereocenters. The van der Waals surface area contributed by atoms with Gasteiger partial charge in [-0.15, -0.1) is 11.8 Å². The van der Waals surface area contributed by atoms with E-state index in [9.17, 15) is 9.18 Å². The van der Waals surface area contributed by atoms with Crippen LogP contribution >= 0.6 is 11.8 Å². The number of thioether (sulfide) groups is 1. The maximum Gasteiger partial charge on any atom is 0.223 e. The van der Waals surface area contributed by atoms with Gasteiger partial charge in [0.1, 0.15) is 11.6 Å². The highest BCUT2D eigenvalue weighted by molar-refractivity contribution is 7.99. The zero-order valence-corrected chi connectivity index (χ0v) is 16.4. The summed E-state index contributed by atoms with van der Waals surface area (Å²) in [5.41, 5.74) is 1.08. The van der Waals surface area contributed by atoms with Crippen LogP contribution in [0.15, 0.2) is 53.4 Å². The number of amides is 1. The molecule has 4 nitrogen and oxygen atoms in total. The van der Waals surface area contributed by atoms with E-state index >= 15 is 0 Å². The summed E-state index contributed by atoms with van der Waals surface area (Å²) in [6.45, 7) is 5.59. The third kappa shape index (κ3) is 5.16. The van der Waals surface area contributed by atoms with E-state index in [1.54, 1.807) is 12.1 Å². The van der Waals surface area contributed by atoms with Gasteiger partial charge in [0.05, 0.1) is 12.3 Å². The maximum absolute atomic E-state index is 13.6. The minimum atomic E-state index is -0.225. The molecule has 0 spiro atoms. The number of hydrogen-bond donors (Lipinski definition) is 0. The van der Waals surface area contributed by atoms with Crippen LogP contribution < -0.4 is 9.64 Å². The van der Waals surface area contributed by atoms with Gasteiger partial charge in [0.15, 0.2) is 0 Å². The molecule has 6 heteroatoms. The van der Waals surface area contributed by atoms with Gasteiger partial charge in [-0.05, 0) is 31.2 Å². The van der Waals surface area contributed by atoms with Crippen molar-refractivity contribution in [3.8, 4) is 5.75 Å². The highest BCUT2D eigenvalue weighted by Crippen LogP contribution is 2.29. The monoisotopic (exact) mass is 388 g/mol. The largest absolute Gasteiger partial charge is 0.492 e. The van der Waals surface area contributed by atoms with Crippen LogP contribution in [0.4, 0.5) is 10.1 Å². The predicted molar refractivity (Wildman–Crippen MR) is 108 cm³/mol. The van der Waals surface area contributed by atoms with Crippen molar-refractivity contribution in [3.63, 3.8) is 0 Å². The average molecular weight is 389 g/mol. The lowest BCUT2D eigenvalue weighted by Gasteiger charge is -2.36. The predicted octanol–water partition coefficient (Wildman–Crippen LogP) is 4.06.